The van der Waals surface area contributed by atoms with Crippen molar-refractivity contribution >= 4 is 37.4 Å². The third-order valence-electron chi connectivity index (χ3n) is 6.37. The lowest BCUT2D eigenvalue weighted by Gasteiger charge is -2.45. The number of aliphatic hydroxyl groups is 1. The molecule has 0 aromatic heterocycles. The molecule has 1 N–H and O–H groups in total. The van der Waals surface area contributed by atoms with E-state index in [9.17, 15) is 5.11 Å². The van der Waals surface area contributed by atoms with Crippen molar-refractivity contribution in [2.24, 2.45) is 5.92 Å². The number of aliphatic hydroxyl groups excluding tert-OH is 1. The summed E-state index contributed by atoms with van der Waals surface area (Å²) in [5, 5.41) is 10.5. The molecular formula is C27H32Br2O. The van der Waals surface area contributed by atoms with Crippen molar-refractivity contribution in [1.29, 1.82) is 0 Å². The van der Waals surface area contributed by atoms with E-state index in [4.69, 9.17) is 0 Å². The van der Waals surface area contributed by atoms with Crippen LogP contribution in [0, 0.1) is 5.92 Å². The molecular weight excluding hydrogens is 500 g/mol. The first-order chi connectivity index (χ1) is 14.6. The molecule has 0 saturated carbocycles. The molecule has 30 heavy (non-hydrogen) atoms. The largest absolute Gasteiger partial charge is 0.396 e. The molecule has 2 aromatic rings. The van der Waals surface area contributed by atoms with Crippen molar-refractivity contribution in [3.8, 4) is 0 Å². The van der Waals surface area contributed by atoms with Crippen LogP contribution in [-0.4, -0.2) is 11.7 Å². The van der Waals surface area contributed by atoms with Gasteiger partial charge >= 0.3 is 0 Å². The molecule has 1 aliphatic rings. The van der Waals surface area contributed by atoms with Gasteiger partial charge in [0.1, 0.15) is 0 Å². The molecule has 0 heterocycles. The van der Waals surface area contributed by atoms with Gasteiger partial charge in [-0.05, 0) is 35.3 Å². The Labute approximate surface area is 198 Å². The van der Waals surface area contributed by atoms with Crippen LogP contribution in [0.3, 0.4) is 0 Å². The zero-order chi connectivity index (χ0) is 21.4. The minimum atomic E-state index is -0.248. The second-order valence-electron chi connectivity index (χ2n) is 8.23. The van der Waals surface area contributed by atoms with Gasteiger partial charge in [0.25, 0.3) is 0 Å². The van der Waals surface area contributed by atoms with Gasteiger partial charge in [-0.2, -0.15) is 0 Å². The Morgan fingerprint density at radius 1 is 0.833 bits per heavy atom. The zero-order valence-corrected chi connectivity index (χ0v) is 21.0. The van der Waals surface area contributed by atoms with Gasteiger partial charge in [0.05, 0.1) is 6.61 Å². The van der Waals surface area contributed by atoms with Crippen LogP contribution in [0.25, 0.3) is 5.57 Å². The molecule has 0 fully saturated rings. The number of allylic oxidation sites excluding steroid dienone is 3. The highest BCUT2D eigenvalue weighted by atomic mass is 79.9. The normalized spacial score (nSPS) is 21.3. The molecule has 0 bridgehead atoms. The highest BCUT2D eigenvalue weighted by molar-refractivity contribution is 9.11. The molecule has 0 saturated heterocycles. The smallest absolute Gasteiger partial charge is 0.0516 e. The van der Waals surface area contributed by atoms with Gasteiger partial charge in [0.2, 0.25) is 0 Å². The van der Waals surface area contributed by atoms with E-state index in [0.29, 0.717) is 0 Å². The molecule has 0 radical (unpaired) electrons. The van der Waals surface area contributed by atoms with Crippen molar-refractivity contribution in [3.05, 3.63) is 86.8 Å². The summed E-state index contributed by atoms with van der Waals surface area (Å²) in [7, 11) is 0. The minimum Gasteiger partial charge on any atom is -0.396 e. The predicted octanol–water partition coefficient (Wildman–Crippen LogP) is 8.42. The lowest BCUT2D eigenvalue weighted by molar-refractivity contribution is 0.198. The molecule has 3 heteroatoms. The van der Waals surface area contributed by atoms with Gasteiger partial charge in [-0.15, -0.1) is 0 Å². The first-order valence-corrected chi connectivity index (χ1v) is 12.7. The molecule has 1 nitrogen and oxygen atoms in total. The third-order valence-corrected chi connectivity index (χ3v) is 7.71. The second kappa shape index (κ2) is 11.5. The summed E-state index contributed by atoms with van der Waals surface area (Å²) in [4.78, 5) is 0. The molecule has 1 aliphatic carbocycles. The summed E-state index contributed by atoms with van der Waals surface area (Å²) in [5.41, 5.74) is 3.57. The number of hydrogen-bond acceptors (Lipinski definition) is 1. The summed E-state index contributed by atoms with van der Waals surface area (Å²) in [6, 6.07) is 19.4. The summed E-state index contributed by atoms with van der Waals surface area (Å²) >= 11 is 7.36. The molecule has 0 aliphatic heterocycles. The van der Waals surface area contributed by atoms with E-state index in [0.717, 1.165) is 21.8 Å². The molecule has 0 amide bonds. The monoisotopic (exact) mass is 530 g/mol. The summed E-state index contributed by atoms with van der Waals surface area (Å²) < 4.78 is 2.17. The van der Waals surface area contributed by atoms with E-state index in [1.54, 1.807) is 0 Å². The van der Waals surface area contributed by atoms with Crippen molar-refractivity contribution < 1.29 is 5.11 Å². The standard InChI is InChI=1S/C27H32Br2O/c1-2-3-4-5-6-10-19-27(22-11-8-7-9-12-22)24(17-18-26(29)25(27)20-30)21-13-15-23(28)16-14-21/h7-9,11-18,25,30H,2-6,10,19-20H2,1H3. The summed E-state index contributed by atoms with van der Waals surface area (Å²) in [6.45, 7) is 2.38. The highest BCUT2D eigenvalue weighted by Gasteiger charge is 2.45. The second-order valence-corrected chi connectivity index (χ2v) is 10.1. The van der Waals surface area contributed by atoms with Crippen molar-refractivity contribution in [2.75, 3.05) is 6.61 Å². The van der Waals surface area contributed by atoms with E-state index in [1.165, 1.54) is 48.8 Å². The van der Waals surface area contributed by atoms with Gasteiger partial charge in [0.15, 0.2) is 0 Å². The Morgan fingerprint density at radius 2 is 1.50 bits per heavy atom. The average Bonchev–Trinajstić information content (AvgIpc) is 2.77. The number of rotatable bonds is 10. The molecule has 2 atom stereocenters. The van der Waals surface area contributed by atoms with Gasteiger partial charge in [0, 0.05) is 20.3 Å². The first kappa shape index (κ1) is 23.5. The van der Waals surface area contributed by atoms with Crippen LogP contribution in [0.15, 0.2) is 75.7 Å². The van der Waals surface area contributed by atoms with Gasteiger partial charge in [-0.1, -0.05) is 132 Å². The van der Waals surface area contributed by atoms with Crippen LogP contribution >= 0.6 is 31.9 Å². The maximum atomic E-state index is 10.5. The fourth-order valence-electron chi connectivity index (χ4n) is 4.81. The summed E-state index contributed by atoms with van der Waals surface area (Å²) in [6.07, 6.45) is 13.0. The van der Waals surface area contributed by atoms with Crippen LogP contribution in [0.4, 0.5) is 0 Å². The Hall–Kier alpha value is -1.16. The Morgan fingerprint density at radius 3 is 2.17 bits per heavy atom. The number of hydrogen-bond donors (Lipinski definition) is 1. The quantitative estimate of drug-likeness (QED) is 0.305. The van der Waals surface area contributed by atoms with Gasteiger partial charge < -0.3 is 5.11 Å². The molecule has 0 spiro atoms. The van der Waals surface area contributed by atoms with Crippen LogP contribution < -0.4 is 0 Å². The van der Waals surface area contributed by atoms with Crippen LogP contribution in [0.5, 0.6) is 0 Å². The van der Waals surface area contributed by atoms with Crippen LogP contribution in [0.2, 0.25) is 0 Å². The van der Waals surface area contributed by atoms with E-state index in [-0.39, 0.29) is 17.9 Å². The van der Waals surface area contributed by atoms with Crippen LogP contribution in [-0.2, 0) is 5.41 Å². The van der Waals surface area contributed by atoms with Crippen molar-refractivity contribution in [3.63, 3.8) is 0 Å². The number of unbranched alkanes of at least 4 members (excludes halogenated alkanes) is 5. The summed E-state index contributed by atoms with van der Waals surface area (Å²) in [5.74, 6) is 0.0131. The Balaban J connectivity index is 2.03. The van der Waals surface area contributed by atoms with Gasteiger partial charge in [-0.3, -0.25) is 0 Å². The molecule has 2 aromatic carbocycles. The third kappa shape index (κ3) is 5.18. The van der Waals surface area contributed by atoms with E-state index in [2.05, 4.69) is 106 Å². The fraction of sp³-hybridized carbons (Fsp3) is 0.407. The molecule has 160 valence electrons. The van der Waals surface area contributed by atoms with E-state index < -0.39 is 0 Å². The topological polar surface area (TPSA) is 20.2 Å². The highest BCUT2D eigenvalue weighted by Crippen LogP contribution is 2.53. The molecule has 2 unspecified atom stereocenters. The Bertz CT molecular complexity index is 854. The van der Waals surface area contributed by atoms with E-state index in [1.807, 2.05) is 0 Å². The van der Waals surface area contributed by atoms with Gasteiger partial charge in [-0.25, -0.2) is 0 Å². The first-order valence-electron chi connectivity index (χ1n) is 11.1. The lowest BCUT2D eigenvalue weighted by atomic mass is 9.59. The van der Waals surface area contributed by atoms with Crippen molar-refractivity contribution in [2.45, 2.75) is 57.3 Å². The number of halogens is 2. The Kier molecular flexibility index (Phi) is 8.98. The zero-order valence-electron chi connectivity index (χ0n) is 17.8. The maximum Gasteiger partial charge on any atom is 0.0516 e. The minimum absolute atomic E-state index is 0.0131. The maximum absolute atomic E-state index is 10.5. The molecule has 3 rings (SSSR count). The average molecular weight is 532 g/mol. The SMILES string of the molecule is CCCCCCCCC1(c2ccccc2)C(c2ccc(Br)cc2)=CC=C(Br)C1CO. The van der Waals surface area contributed by atoms with Crippen LogP contribution in [0.1, 0.15) is 63.0 Å². The predicted molar refractivity (Wildman–Crippen MR) is 136 cm³/mol. The number of benzene rings is 2. The fourth-order valence-corrected chi connectivity index (χ4v) is 5.74. The van der Waals surface area contributed by atoms with Crippen molar-refractivity contribution in [1.82, 2.24) is 0 Å². The van der Waals surface area contributed by atoms with E-state index >= 15 is 0 Å². The lowest BCUT2D eigenvalue weighted by Crippen LogP contribution is -2.40.